The van der Waals surface area contributed by atoms with Crippen LogP contribution in [0.2, 0.25) is 0 Å². The SMILES string of the molecule is CC(Nc1cc(Br)ccc1N(C)C)c1cccc(O)c1. The largest absolute Gasteiger partial charge is 0.508 e. The van der Waals surface area contributed by atoms with Crippen molar-refractivity contribution in [3.63, 3.8) is 0 Å². The van der Waals surface area contributed by atoms with Gasteiger partial charge in [-0.3, -0.25) is 0 Å². The summed E-state index contributed by atoms with van der Waals surface area (Å²) in [4.78, 5) is 2.07. The summed E-state index contributed by atoms with van der Waals surface area (Å²) in [6.07, 6.45) is 0. The summed E-state index contributed by atoms with van der Waals surface area (Å²) in [5.41, 5.74) is 3.23. The lowest BCUT2D eigenvalue weighted by Crippen LogP contribution is -2.14. The van der Waals surface area contributed by atoms with Crippen molar-refractivity contribution in [2.75, 3.05) is 24.3 Å². The molecule has 2 N–H and O–H groups in total. The van der Waals surface area contributed by atoms with E-state index in [0.717, 1.165) is 21.4 Å². The van der Waals surface area contributed by atoms with Crippen molar-refractivity contribution in [2.45, 2.75) is 13.0 Å². The molecule has 0 amide bonds. The van der Waals surface area contributed by atoms with Gasteiger partial charge in [0.05, 0.1) is 11.4 Å². The Morgan fingerprint density at radius 3 is 2.55 bits per heavy atom. The number of rotatable bonds is 4. The molecule has 0 radical (unpaired) electrons. The van der Waals surface area contributed by atoms with E-state index in [0.29, 0.717) is 5.75 Å². The van der Waals surface area contributed by atoms with Crippen LogP contribution in [0.15, 0.2) is 46.9 Å². The van der Waals surface area contributed by atoms with Crippen molar-refractivity contribution in [3.8, 4) is 5.75 Å². The Labute approximate surface area is 128 Å². The zero-order valence-corrected chi connectivity index (χ0v) is 13.5. The van der Waals surface area contributed by atoms with Crippen LogP contribution in [0.5, 0.6) is 5.75 Å². The van der Waals surface area contributed by atoms with E-state index in [1.807, 2.05) is 32.3 Å². The lowest BCUT2D eigenvalue weighted by molar-refractivity contribution is 0.474. The second-order valence-corrected chi connectivity index (χ2v) is 5.93. The molecule has 0 aliphatic rings. The molecule has 2 aromatic rings. The molecule has 3 nitrogen and oxygen atoms in total. The highest BCUT2D eigenvalue weighted by molar-refractivity contribution is 9.10. The minimum atomic E-state index is 0.107. The van der Waals surface area contributed by atoms with Crippen LogP contribution in [0, 0.1) is 0 Å². The third-order valence-electron chi connectivity index (χ3n) is 3.18. The Hall–Kier alpha value is -1.68. The summed E-state index contributed by atoms with van der Waals surface area (Å²) in [6, 6.07) is 13.6. The smallest absolute Gasteiger partial charge is 0.115 e. The molecule has 0 saturated heterocycles. The lowest BCUT2D eigenvalue weighted by atomic mass is 10.1. The first kappa shape index (κ1) is 14.7. The summed E-state index contributed by atoms with van der Waals surface area (Å²) in [5.74, 6) is 0.290. The van der Waals surface area contributed by atoms with Gasteiger partial charge < -0.3 is 15.3 Å². The first-order chi connectivity index (χ1) is 9.47. The van der Waals surface area contributed by atoms with Gasteiger partial charge >= 0.3 is 0 Å². The summed E-state index contributed by atoms with van der Waals surface area (Å²) in [7, 11) is 4.04. The highest BCUT2D eigenvalue weighted by atomic mass is 79.9. The number of halogens is 1. The molecule has 106 valence electrons. The van der Waals surface area contributed by atoms with Crippen LogP contribution in [0.3, 0.4) is 0 Å². The van der Waals surface area contributed by atoms with Crippen molar-refractivity contribution in [1.29, 1.82) is 0 Å². The van der Waals surface area contributed by atoms with Crippen LogP contribution in [0.1, 0.15) is 18.5 Å². The van der Waals surface area contributed by atoms with Gasteiger partial charge in [0.25, 0.3) is 0 Å². The van der Waals surface area contributed by atoms with E-state index in [1.165, 1.54) is 0 Å². The maximum absolute atomic E-state index is 9.57. The number of phenolic OH excluding ortho intramolecular Hbond substituents is 1. The van der Waals surface area contributed by atoms with Gasteiger partial charge in [0.15, 0.2) is 0 Å². The molecule has 0 saturated carbocycles. The van der Waals surface area contributed by atoms with Crippen molar-refractivity contribution in [3.05, 3.63) is 52.5 Å². The Kier molecular flexibility index (Phi) is 4.55. The van der Waals surface area contributed by atoms with E-state index in [4.69, 9.17) is 0 Å². The van der Waals surface area contributed by atoms with E-state index in [2.05, 4.69) is 45.2 Å². The van der Waals surface area contributed by atoms with Crippen LogP contribution in [-0.4, -0.2) is 19.2 Å². The average molecular weight is 335 g/mol. The fourth-order valence-corrected chi connectivity index (χ4v) is 2.49. The lowest BCUT2D eigenvalue weighted by Gasteiger charge is -2.22. The Morgan fingerprint density at radius 2 is 1.90 bits per heavy atom. The molecule has 0 spiro atoms. The number of hydrogen-bond donors (Lipinski definition) is 2. The van der Waals surface area contributed by atoms with Crippen LogP contribution in [0.25, 0.3) is 0 Å². The van der Waals surface area contributed by atoms with E-state index in [-0.39, 0.29) is 6.04 Å². The zero-order chi connectivity index (χ0) is 14.7. The summed E-state index contributed by atoms with van der Waals surface area (Å²) in [6.45, 7) is 2.08. The Balaban J connectivity index is 2.27. The molecule has 0 aromatic heterocycles. The summed E-state index contributed by atoms with van der Waals surface area (Å²) in [5, 5.41) is 13.1. The summed E-state index contributed by atoms with van der Waals surface area (Å²) >= 11 is 3.50. The normalized spacial score (nSPS) is 12.0. The molecule has 1 atom stereocenters. The molecular formula is C16H19BrN2O. The third kappa shape index (κ3) is 3.45. The van der Waals surface area contributed by atoms with Crippen LogP contribution in [0.4, 0.5) is 11.4 Å². The third-order valence-corrected chi connectivity index (χ3v) is 3.68. The van der Waals surface area contributed by atoms with Crippen molar-refractivity contribution >= 4 is 27.3 Å². The summed E-state index contributed by atoms with van der Waals surface area (Å²) < 4.78 is 1.04. The number of phenols is 1. The van der Waals surface area contributed by atoms with Gasteiger partial charge in [-0.05, 0) is 42.8 Å². The monoisotopic (exact) mass is 334 g/mol. The van der Waals surface area contributed by atoms with Gasteiger partial charge in [0.2, 0.25) is 0 Å². The topological polar surface area (TPSA) is 35.5 Å². The quantitative estimate of drug-likeness (QED) is 0.870. The van der Waals surface area contributed by atoms with Crippen molar-refractivity contribution in [1.82, 2.24) is 0 Å². The molecule has 2 rings (SSSR count). The van der Waals surface area contributed by atoms with Crippen molar-refractivity contribution < 1.29 is 5.11 Å². The molecule has 0 fully saturated rings. The molecule has 0 aliphatic heterocycles. The van der Waals surface area contributed by atoms with Gasteiger partial charge in [-0.25, -0.2) is 0 Å². The highest BCUT2D eigenvalue weighted by Gasteiger charge is 2.10. The molecule has 20 heavy (non-hydrogen) atoms. The van der Waals surface area contributed by atoms with Crippen molar-refractivity contribution in [2.24, 2.45) is 0 Å². The number of nitrogens with zero attached hydrogens (tertiary/aromatic N) is 1. The van der Waals surface area contributed by atoms with Crippen LogP contribution < -0.4 is 10.2 Å². The molecule has 4 heteroatoms. The van der Waals surface area contributed by atoms with Gasteiger partial charge in [0, 0.05) is 24.6 Å². The maximum atomic E-state index is 9.57. The maximum Gasteiger partial charge on any atom is 0.115 e. The van der Waals surface area contributed by atoms with E-state index < -0.39 is 0 Å². The van der Waals surface area contributed by atoms with Gasteiger partial charge in [-0.2, -0.15) is 0 Å². The van der Waals surface area contributed by atoms with E-state index in [9.17, 15) is 5.11 Å². The molecule has 1 unspecified atom stereocenters. The predicted molar refractivity (Wildman–Crippen MR) is 88.6 cm³/mol. The zero-order valence-electron chi connectivity index (χ0n) is 11.9. The minimum Gasteiger partial charge on any atom is -0.508 e. The first-order valence-electron chi connectivity index (χ1n) is 6.49. The Bertz CT molecular complexity index is 599. The number of hydrogen-bond acceptors (Lipinski definition) is 3. The van der Waals surface area contributed by atoms with Gasteiger partial charge in [-0.15, -0.1) is 0 Å². The number of aromatic hydroxyl groups is 1. The first-order valence-corrected chi connectivity index (χ1v) is 7.29. The fraction of sp³-hybridized carbons (Fsp3) is 0.250. The second-order valence-electron chi connectivity index (χ2n) is 5.02. The molecule has 2 aromatic carbocycles. The van der Waals surface area contributed by atoms with Crippen LogP contribution >= 0.6 is 15.9 Å². The van der Waals surface area contributed by atoms with E-state index in [1.54, 1.807) is 12.1 Å². The molecular weight excluding hydrogens is 316 g/mol. The Morgan fingerprint density at radius 1 is 1.15 bits per heavy atom. The average Bonchev–Trinajstić information content (AvgIpc) is 2.38. The number of benzene rings is 2. The molecule has 0 aliphatic carbocycles. The van der Waals surface area contributed by atoms with E-state index >= 15 is 0 Å². The number of anilines is 2. The highest BCUT2D eigenvalue weighted by Crippen LogP contribution is 2.31. The van der Waals surface area contributed by atoms with Gasteiger partial charge in [-0.1, -0.05) is 28.1 Å². The standard InChI is InChI=1S/C16H19BrN2O/c1-11(12-5-4-6-14(20)9-12)18-15-10-13(17)7-8-16(15)19(2)3/h4-11,18,20H,1-3H3. The van der Waals surface area contributed by atoms with Gasteiger partial charge in [0.1, 0.15) is 5.75 Å². The fourth-order valence-electron chi connectivity index (χ4n) is 2.12. The molecule has 0 bridgehead atoms. The predicted octanol–water partition coefficient (Wildman–Crippen LogP) is 4.39. The van der Waals surface area contributed by atoms with Crippen LogP contribution in [-0.2, 0) is 0 Å². The second kappa shape index (κ2) is 6.18. The minimum absolute atomic E-state index is 0.107. The number of nitrogens with one attached hydrogen (secondary N) is 1. The molecule has 0 heterocycles.